The zero-order valence-corrected chi connectivity index (χ0v) is 9.97. The van der Waals surface area contributed by atoms with E-state index in [1.807, 2.05) is 0 Å². The van der Waals surface area contributed by atoms with Crippen molar-refractivity contribution in [2.75, 3.05) is 6.61 Å². The summed E-state index contributed by atoms with van der Waals surface area (Å²) >= 11 is 0. The molecule has 1 aromatic carbocycles. The molecule has 0 radical (unpaired) electrons. The molecule has 0 aliphatic heterocycles. The van der Waals surface area contributed by atoms with Gasteiger partial charge in [-0.05, 0) is 19.4 Å². The molecule has 1 aromatic rings. The number of hydrogen-bond donors (Lipinski definition) is 1. The minimum atomic E-state index is -1.24. The molecule has 1 N–H and O–H groups in total. The highest BCUT2D eigenvalue weighted by Crippen LogP contribution is 2.28. The lowest BCUT2D eigenvalue weighted by molar-refractivity contribution is -0.152. The number of carboxylic acid groups (broad SMARTS) is 1. The SMILES string of the molecule is CCOC(=O)CC(C)(C(=O)O)c1ccccc1. The van der Waals surface area contributed by atoms with Crippen LogP contribution in [0, 0.1) is 0 Å². The number of esters is 1. The molecule has 0 aliphatic rings. The van der Waals surface area contributed by atoms with Crippen LogP contribution >= 0.6 is 0 Å². The van der Waals surface area contributed by atoms with Crippen molar-refractivity contribution in [3.8, 4) is 0 Å². The van der Waals surface area contributed by atoms with E-state index in [9.17, 15) is 14.7 Å². The second kappa shape index (κ2) is 5.48. The van der Waals surface area contributed by atoms with Crippen LogP contribution in [0.15, 0.2) is 30.3 Å². The third kappa shape index (κ3) is 3.06. The first-order valence-corrected chi connectivity index (χ1v) is 5.45. The molecular formula is C13H16O4. The van der Waals surface area contributed by atoms with Gasteiger partial charge in [0.15, 0.2) is 0 Å². The van der Waals surface area contributed by atoms with Gasteiger partial charge in [-0.1, -0.05) is 30.3 Å². The largest absolute Gasteiger partial charge is 0.481 e. The maximum absolute atomic E-state index is 11.5. The Hall–Kier alpha value is -1.84. The fourth-order valence-corrected chi connectivity index (χ4v) is 1.61. The lowest BCUT2D eigenvalue weighted by atomic mass is 9.79. The van der Waals surface area contributed by atoms with Crippen LogP contribution in [-0.2, 0) is 19.7 Å². The fraction of sp³-hybridized carbons (Fsp3) is 0.385. The van der Waals surface area contributed by atoms with Gasteiger partial charge >= 0.3 is 11.9 Å². The highest BCUT2D eigenvalue weighted by Gasteiger charge is 2.37. The Bertz CT molecular complexity index is 399. The summed E-state index contributed by atoms with van der Waals surface area (Å²) in [6.45, 7) is 3.48. The number of carboxylic acids is 1. The molecule has 0 saturated carbocycles. The van der Waals surface area contributed by atoms with Gasteiger partial charge in [0.25, 0.3) is 0 Å². The molecule has 0 heterocycles. The average Bonchev–Trinajstić information content (AvgIpc) is 2.30. The molecule has 0 amide bonds. The van der Waals surface area contributed by atoms with E-state index in [1.54, 1.807) is 37.3 Å². The van der Waals surface area contributed by atoms with Crippen LogP contribution in [0.25, 0.3) is 0 Å². The first-order valence-electron chi connectivity index (χ1n) is 5.45. The van der Waals surface area contributed by atoms with E-state index in [0.29, 0.717) is 5.56 Å². The molecule has 1 rings (SSSR count). The normalized spacial score (nSPS) is 13.8. The molecule has 0 aliphatic carbocycles. The van der Waals surface area contributed by atoms with Crippen molar-refractivity contribution in [2.24, 2.45) is 0 Å². The van der Waals surface area contributed by atoms with E-state index >= 15 is 0 Å². The molecule has 0 fully saturated rings. The van der Waals surface area contributed by atoms with Crippen molar-refractivity contribution in [3.05, 3.63) is 35.9 Å². The van der Waals surface area contributed by atoms with Crippen LogP contribution in [-0.4, -0.2) is 23.7 Å². The Morgan fingerprint density at radius 3 is 2.35 bits per heavy atom. The maximum Gasteiger partial charge on any atom is 0.314 e. The Labute approximate surface area is 100 Å². The zero-order valence-electron chi connectivity index (χ0n) is 9.97. The second-order valence-electron chi connectivity index (χ2n) is 3.99. The monoisotopic (exact) mass is 236 g/mol. The van der Waals surface area contributed by atoms with E-state index in [1.165, 1.54) is 6.92 Å². The summed E-state index contributed by atoms with van der Waals surface area (Å²) in [5, 5.41) is 9.30. The van der Waals surface area contributed by atoms with Crippen LogP contribution in [0.3, 0.4) is 0 Å². The van der Waals surface area contributed by atoms with Gasteiger partial charge in [-0.2, -0.15) is 0 Å². The van der Waals surface area contributed by atoms with Crippen molar-refractivity contribution >= 4 is 11.9 Å². The Morgan fingerprint density at radius 2 is 1.88 bits per heavy atom. The van der Waals surface area contributed by atoms with Gasteiger partial charge in [0, 0.05) is 0 Å². The number of carbonyl (C=O) groups excluding carboxylic acids is 1. The number of rotatable bonds is 5. The van der Waals surface area contributed by atoms with Gasteiger partial charge in [-0.25, -0.2) is 0 Å². The first kappa shape index (κ1) is 13.2. The average molecular weight is 236 g/mol. The lowest BCUT2D eigenvalue weighted by Crippen LogP contribution is -2.35. The van der Waals surface area contributed by atoms with E-state index in [-0.39, 0.29) is 13.0 Å². The number of ether oxygens (including phenoxy) is 1. The van der Waals surface area contributed by atoms with Gasteiger partial charge < -0.3 is 9.84 Å². The smallest absolute Gasteiger partial charge is 0.314 e. The van der Waals surface area contributed by atoms with Gasteiger partial charge in [-0.15, -0.1) is 0 Å². The van der Waals surface area contributed by atoms with Crippen molar-refractivity contribution < 1.29 is 19.4 Å². The molecular weight excluding hydrogens is 220 g/mol. The summed E-state index contributed by atoms with van der Waals surface area (Å²) in [6, 6.07) is 8.71. The minimum Gasteiger partial charge on any atom is -0.481 e. The minimum absolute atomic E-state index is 0.166. The predicted octanol–water partition coefficient (Wildman–Crippen LogP) is 1.98. The van der Waals surface area contributed by atoms with E-state index in [4.69, 9.17) is 4.74 Å². The topological polar surface area (TPSA) is 63.6 Å². The molecule has 1 unspecified atom stereocenters. The highest BCUT2D eigenvalue weighted by molar-refractivity contribution is 5.87. The number of aliphatic carboxylic acids is 1. The lowest BCUT2D eigenvalue weighted by Gasteiger charge is -2.24. The molecule has 4 nitrogen and oxygen atoms in total. The summed E-state index contributed by atoms with van der Waals surface area (Å²) < 4.78 is 4.81. The van der Waals surface area contributed by atoms with Gasteiger partial charge in [0.2, 0.25) is 0 Å². The molecule has 4 heteroatoms. The summed E-state index contributed by atoms with van der Waals surface area (Å²) in [4.78, 5) is 22.8. The van der Waals surface area contributed by atoms with Crippen molar-refractivity contribution in [1.29, 1.82) is 0 Å². The van der Waals surface area contributed by atoms with Crippen molar-refractivity contribution in [3.63, 3.8) is 0 Å². The van der Waals surface area contributed by atoms with Gasteiger partial charge in [0.05, 0.1) is 13.0 Å². The fourth-order valence-electron chi connectivity index (χ4n) is 1.61. The number of carbonyl (C=O) groups is 2. The highest BCUT2D eigenvalue weighted by atomic mass is 16.5. The van der Waals surface area contributed by atoms with Gasteiger partial charge in [0.1, 0.15) is 5.41 Å². The summed E-state index contributed by atoms with van der Waals surface area (Å²) in [5.41, 5.74) is -0.645. The van der Waals surface area contributed by atoms with Gasteiger partial charge in [-0.3, -0.25) is 9.59 Å². The molecule has 92 valence electrons. The summed E-state index contributed by atoms with van der Waals surface area (Å²) in [5.74, 6) is -1.53. The van der Waals surface area contributed by atoms with Crippen molar-refractivity contribution in [1.82, 2.24) is 0 Å². The van der Waals surface area contributed by atoms with Crippen LogP contribution in [0.1, 0.15) is 25.8 Å². The molecule has 0 spiro atoms. The van der Waals surface area contributed by atoms with Crippen LogP contribution in [0.5, 0.6) is 0 Å². The standard InChI is InChI=1S/C13H16O4/c1-3-17-11(14)9-13(2,12(15)16)10-7-5-4-6-8-10/h4-8H,3,9H2,1-2H3,(H,15,16). The van der Waals surface area contributed by atoms with E-state index in [0.717, 1.165) is 0 Å². The van der Waals surface area contributed by atoms with E-state index in [2.05, 4.69) is 0 Å². The molecule has 0 aromatic heterocycles. The summed E-state index contributed by atoms with van der Waals surface area (Å²) in [6.07, 6.45) is -0.166. The third-order valence-corrected chi connectivity index (χ3v) is 2.69. The molecule has 17 heavy (non-hydrogen) atoms. The molecule has 1 atom stereocenters. The van der Waals surface area contributed by atoms with Crippen LogP contribution in [0.4, 0.5) is 0 Å². The van der Waals surface area contributed by atoms with Crippen LogP contribution < -0.4 is 0 Å². The number of hydrogen-bond acceptors (Lipinski definition) is 3. The Balaban J connectivity index is 2.99. The van der Waals surface area contributed by atoms with Crippen LogP contribution in [0.2, 0.25) is 0 Å². The molecule has 0 saturated heterocycles. The third-order valence-electron chi connectivity index (χ3n) is 2.69. The predicted molar refractivity (Wildman–Crippen MR) is 62.7 cm³/mol. The van der Waals surface area contributed by atoms with Crippen molar-refractivity contribution in [2.45, 2.75) is 25.7 Å². The molecule has 0 bridgehead atoms. The first-order chi connectivity index (χ1) is 8.00. The maximum atomic E-state index is 11.5. The quantitative estimate of drug-likeness (QED) is 0.794. The van der Waals surface area contributed by atoms with E-state index < -0.39 is 17.4 Å². The zero-order chi connectivity index (χ0) is 12.9. The Kier molecular flexibility index (Phi) is 4.26. The summed E-state index contributed by atoms with van der Waals surface area (Å²) in [7, 11) is 0. The number of benzene rings is 1. The second-order valence-corrected chi connectivity index (χ2v) is 3.99. The Morgan fingerprint density at radius 1 is 1.29 bits per heavy atom.